The van der Waals surface area contributed by atoms with Crippen LogP contribution in [0.5, 0.6) is 0 Å². The predicted octanol–water partition coefficient (Wildman–Crippen LogP) is 2.75. The highest BCUT2D eigenvalue weighted by atomic mass is 35.5. The fraction of sp³-hybridized carbons (Fsp3) is 0.333. The minimum atomic E-state index is -0.818. The maximum absolute atomic E-state index is 12.3. The molecule has 1 amide bonds. The molecular weight excluding hydrogens is 325 g/mol. The van der Waals surface area contributed by atoms with Gasteiger partial charge in [0.25, 0.3) is 5.91 Å². The molecule has 22 heavy (non-hydrogen) atoms. The molecule has 0 aliphatic carbocycles. The first-order valence-corrected chi connectivity index (χ1v) is 7.62. The number of aliphatic hydroxyl groups is 1. The van der Waals surface area contributed by atoms with Crippen LogP contribution in [-0.4, -0.2) is 27.3 Å². The van der Waals surface area contributed by atoms with E-state index in [9.17, 15) is 9.90 Å². The van der Waals surface area contributed by atoms with Crippen molar-refractivity contribution in [3.63, 3.8) is 0 Å². The van der Waals surface area contributed by atoms with Crippen LogP contribution in [0.3, 0.4) is 0 Å². The maximum atomic E-state index is 12.3. The number of hydrogen-bond donors (Lipinski definition) is 2. The Balaban J connectivity index is 2.05. The number of benzene rings is 1. The van der Waals surface area contributed by atoms with Gasteiger partial charge in [-0.1, -0.05) is 42.3 Å². The number of nitrogens with zero attached hydrogens (tertiary/aromatic N) is 2. The van der Waals surface area contributed by atoms with Gasteiger partial charge in [0.2, 0.25) is 0 Å². The summed E-state index contributed by atoms with van der Waals surface area (Å²) in [5.74, 6) is -0.344. The number of aliphatic hydroxyl groups excluding tert-OH is 1. The van der Waals surface area contributed by atoms with E-state index in [0.717, 1.165) is 0 Å². The number of aromatic nitrogens is 2. The van der Waals surface area contributed by atoms with Crippen molar-refractivity contribution in [1.29, 1.82) is 0 Å². The SMILES string of the molecule is CCc1nn(C)c(Cl)c1C(=O)NCC(O)c1ccc(Cl)cc1. The van der Waals surface area contributed by atoms with E-state index >= 15 is 0 Å². The Morgan fingerprint density at radius 1 is 1.36 bits per heavy atom. The van der Waals surface area contributed by atoms with E-state index in [1.165, 1.54) is 4.68 Å². The lowest BCUT2D eigenvalue weighted by molar-refractivity contribution is 0.0915. The van der Waals surface area contributed by atoms with E-state index in [1.54, 1.807) is 31.3 Å². The molecule has 0 saturated carbocycles. The number of halogens is 2. The first-order valence-electron chi connectivity index (χ1n) is 6.87. The van der Waals surface area contributed by atoms with E-state index in [1.807, 2.05) is 6.92 Å². The normalized spacial score (nSPS) is 12.2. The Kier molecular flexibility index (Phi) is 5.45. The van der Waals surface area contributed by atoms with Crippen LogP contribution < -0.4 is 5.32 Å². The standard InChI is InChI=1S/C15H17Cl2N3O2/c1-3-11-13(14(17)20(2)19-11)15(22)18-8-12(21)9-4-6-10(16)7-5-9/h4-7,12,21H,3,8H2,1-2H3,(H,18,22). The van der Waals surface area contributed by atoms with Crippen molar-refractivity contribution in [3.05, 3.63) is 51.3 Å². The summed E-state index contributed by atoms with van der Waals surface area (Å²) in [6.07, 6.45) is -0.218. The first-order chi connectivity index (χ1) is 10.4. The highest BCUT2D eigenvalue weighted by Crippen LogP contribution is 2.20. The quantitative estimate of drug-likeness (QED) is 0.878. The number of aryl methyl sites for hydroxylation is 2. The minimum Gasteiger partial charge on any atom is -0.387 e. The second-order valence-corrected chi connectivity index (χ2v) is 5.66. The Hall–Kier alpha value is -1.56. The van der Waals surface area contributed by atoms with Gasteiger partial charge < -0.3 is 10.4 Å². The zero-order valence-corrected chi connectivity index (χ0v) is 13.8. The molecule has 0 fully saturated rings. The van der Waals surface area contributed by atoms with E-state index in [0.29, 0.717) is 28.3 Å². The van der Waals surface area contributed by atoms with Gasteiger partial charge in [0.05, 0.1) is 17.4 Å². The number of rotatable bonds is 5. The summed E-state index contributed by atoms with van der Waals surface area (Å²) in [4.78, 5) is 12.3. The van der Waals surface area contributed by atoms with Crippen LogP contribution in [0.1, 0.15) is 34.6 Å². The van der Waals surface area contributed by atoms with Gasteiger partial charge in [-0.2, -0.15) is 5.10 Å². The number of amides is 1. The van der Waals surface area contributed by atoms with Gasteiger partial charge in [0.15, 0.2) is 0 Å². The highest BCUT2D eigenvalue weighted by molar-refractivity contribution is 6.33. The summed E-state index contributed by atoms with van der Waals surface area (Å²) in [5, 5.41) is 17.8. The number of carbonyl (C=O) groups excluding carboxylic acids is 1. The molecule has 7 heteroatoms. The molecule has 0 aliphatic rings. The van der Waals surface area contributed by atoms with Crippen LogP contribution in [-0.2, 0) is 13.5 Å². The lowest BCUT2D eigenvalue weighted by atomic mass is 10.1. The molecule has 2 aromatic rings. The van der Waals surface area contributed by atoms with Crippen LogP contribution in [0, 0.1) is 0 Å². The second-order valence-electron chi connectivity index (χ2n) is 4.87. The number of nitrogens with one attached hydrogen (secondary N) is 1. The summed E-state index contributed by atoms with van der Waals surface area (Å²) >= 11 is 11.9. The van der Waals surface area contributed by atoms with Crippen molar-refractivity contribution >= 4 is 29.1 Å². The Labute approximate surface area is 138 Å². The van der Waals surface area contributed by atoms with Gasteiger partial charge in [-0.3, -0.25) is 9.48 Å². The minimum absolute atomic E-state index is 0.0782. The molecule has 5 nitrogen and oxygen atoms in total. The molecule has 0 radical (unpaired) electrons. The zero-order valence-electron chi connectivity index (χ0n) is 12.3. The van der Waals surface area contributed by atoms with Crippen LogP contribution in [0.25, 0.3) is 0 Å². The third kappa shape index (κ3) is 3.61. The van der Waals surface area contributed by atoms with Crippen molar-refractivity contribution in [3.8, 4) is 0 Å². The molecule has 2 N–H and O–H groups in total. The fourth-order valence-corrected chi connectivity index (χ4v) is 2.47. The van der Waals surface area contributed by atoms with Crippen molar-refractivity contribution in [2.24, 2.45) is 7.05 Å². The van der Waals surface area contributed by atoms with Gasteiger partial charge in [0, 0.05) is 18.6 Å². The van der Waals surface area contributed by atoms with Gasteiger partial charge in [-0.25, -0.2) is 0 Å². The lowest BCUT2D eigenvalue weighted by Crippen LogP contribution is -2.29. The highest BCUT2D eigenvalue weighted by Gasteiger charge is 2.21. The monoisotopic (exact) mass is 341 g/mol. The van der Waals surface area contributed by atoms with Crippen molar-refractivity contribution < 1.29 is 9.90 Å². The van der Waals surface area contributed by atoms with Gasteiger partial charge in [-0.05, 0) is 24.1 Å². The molecule has 1 aromatic heterocycles. The summed E-state index contributed by atoms with van der Waals surface area (Å²) in [6.45, 7) is 1.98. The third-order valence-corrected chi connectivity index (χ3v) is 4.01. The molecule has 0 saturated heterocycles. The molecule has 118 valence electrons. The predicted molar refractivity (Wildman–Crippen MR) is 86.3 cm³/mol. The third-order valence-electron chi connectivity index (χ3n) is 3.32. The molecule has 1 unspecified atom stereocenters. The summed E-state index contributed by atoms with van der Waals surface area (Å²) in [6, 6.07) is 6.81. The topological polar surface area (TPSA) is 67.2 Å². The Morgan fingerprint density at radius 2 is 2.00 bits per heavy atom. The Bertz CT molecular complexity index is 668. The summed E-state index contributed by atoms with van der Waals surface area (Å²) in [7, 11) is 1.68. The molecule has 1 atom stereocenters. The van der Waals surface area contributed by atoms with Crippen LogP contribution in [0.2, 0.25) is 10.2 Å². The van der Waals surface area contributed by atoms with E-state index in [-0.39, 0.29) is 17.6 Å². The first kappa shape index (κ1) is 16.8. The lowest BCUT2D eigenvalue weighted by Gasteiger charge is -2.12. The molecular formula is C15H17Cl2N3O2. The molecule has 0 spiro atoms. The second kappa shape index (κ2) is 7.13. The van der Waals surface area contributed by atoms with Crippen LogP contribution in [0.15, 0.2) is 24.3 Å². The largest absolute Gasteiger partial charge is 0.387 e. The summed E-state index contributed by atoms with van der Waals surface area (Å²) < 4.78 is 1.46. The van der Waals surface area contributed by atoms with Gasteiger partial charge >= 0.3 is 0 Å². The van der Waals surface area contributed by atoms with Gasteiger partial charge in [-0.15, -0.1) is 0 Å². The van der Waals surface area contributed by atoms with Crippen molar-refractivity contribution in [2.75, 3.05) is 6.54 Å². The molecule has 2 rings (SSSR count). The summed E-state index contributed by atoms with van der Waals surface area (Å²) in [5.41, 5.74) is 1.67. The van der Waals surface area contributed by atoms with E-state index in [4.69, 9.17) is 23.2 Å². The Morgan fingerprint density at radius 3 is 2.59 bits per heavy atom. The maximum Gasteiger partial charge on any atom is 0.256 e. The number of hydrogen-bond acceptors (Lipinski definition) is 3. The molecule has 0 bridgehead atoms. The fourth-order valence-electron chi connectivity index (χ4n) is 2.11. The van der Waals surface area contributed by atoms with E-state index in [2.05, 4.69) is 10.4 Å². The molecule has 1 heterocycles. The van der Waals surface area contributed by atoms with Crippen LogP contribution in [0.4, 0.5) is 0 Å². The average molecular weight is 342 g/mol. The smallest absolute Gasteiger partial charge is 0.256 e. The average Bonchev–Trinajstić information content (AvgIpc) is 2.80. The van der Waals surface area contributed by atoms with E-state index < -0.39 is 6.10 Å². The zero-order chi connectivity index (χ0) is 16.3. The molecule has 1 aromatic carbocycles. The molecule has 0 aliphatic heterocycles. The van der Waals surface area contributed by atoms with Crippen molar-refractivity contribution in [1.82, 2.24) is 15.1 Å². The number of carbonyl (C=O) groups is 1. The van der Waals surface area contributed by atoms with Crippen molar-refractivity contribution in [2.45, 2.75) is 19.4 Å². The van der Waals surface area contributed by atoms with Crippen LogP contribution >= 0.6 is 23.2 Å². The van der Waals surface area contributed by atoms with Gasteiger partial charge in [0.1, 0.15) is 5.15 Å².